The molecule has 0 spiro atoms. The van der Waals surface area contributed by atoms with E-state index in [0.717, 1.165) is 24.5 Å². The van der Waals surface area contributed by atoms with Crippen molar-refractivity contribution in [3.05, 3.63) is 42.0 Å². The molecule has 0 aliphatic heterocycles. The number of carbonyl (C=O) groups is 1. The summed E-state index contributed by atoms with van der Waals surface area (Å²) in [6, 6.07) is 7.84. The summed E-state index contributed by atoms with van der Waals surface area (Å²) in [5.41, 5.74) is 2.66. The van der Waals surface area contributed by atoms with E-state index < -0.39 is 5.97 Å². The number of carboxylic acid groups (broad SMARTS) is 1. The van der Waals surface area contributed by atoms with E-state index in [1.54, 1.807) is 17.8 Å². The number of aromatic carboxylic acids is 1. The van der Waals surface area contributed by atoms with E-state index in [4.69, 9.17) is 0 Å². The summed E-state index contributed by atoms with van der Waals surface area (Å²) in [7, 11) is 0. The van der Waals surface area contributed by atoms with Crippen molar-refractivity contribution in [2.75, 3.05) is 18.0 Å². The van der Waals surface area contributed by atoms with Gasteiger partial charge in [-0.25, -0.2) is 9.78 Å². The first-order valence-electron chi connectivity index (χ1n) is 6.71. The van der Waals surface area contributed by atoms with Gasteiger partial charge in [-0.15, -0.1) is 0 Å². The Labute approximate surface area is 118 Å². The Morgan fingerprint density at radius 3 is 2.35 bits per heavy atom. The summed E-state index contributed by atoms with van der Waals surface area (Å²) < 4.78 is 1.60. The van der Waals surface area contributed by atoms with Crippen LogP contribution in [0.4, 0.5) is 5.69 Å². The number of nitrogens with zero attached hydrogens (tertiary/aromatic N) is 3. The van der Waals surface area contributed by atoms with Gasteiger partial charge >= 0.3 is 5.97 Å². The zero-order valence-electron chi connectivity index (χ0n) is 12.0. The second-order valence-corrected chi connectivity index (χ2v) is 4.54. The van der Waals surface area contributed by atoms with Crippen molar-refractivity contribution in [1.82, 2.24) is 9.55 Å². The first-order valence-corrected chi connectivity index (χ1v) is 6.71. The highest BCUT2D eigenvalue weighted by Gasteiger charge is 2.15. The number of aryl methyl sites for hydroxylation is 1. The van der Waals surface area contributed by atoms with Crippen molar-refractivity contribution in [3.63, 3.8) is 0 Å². The van der Waals surface area contributed by atoms with Crippen LogP contribution in [0.1, 0.15) is 30.0 Å². The Morgan fingerprint density at radius 2 is 1.85 bits per heavy atom. The molecule has 5 heteroatoms. The quantitative estimate of drug-likeness (QED) is 0.910. The highest BCUT2D eigenvalue weighted by atomic mass is 16.4. The van der Waals surface area contributed by atoms with Crippen LogP contribution in [0.5, 0.6) is 0 Å². The smallest absolute Gasteiger partial charge is 0.354 e. The first kappa shape index (κ1) is 14.1. The fourth-order valence-electron chi connectivity index (χ4n) is 2.30. The summed E-state index contributed by atoms with van der Waals surface area (Å²) in [5.74, 6) is -0.965. The molecule has 0 bridgehead atoms. The largest absolute Gasteiger partial charge is 0.477 e. The molecule has 1 heterocycles. The Balaban J connectivity index is 2.38. The second-order valence-electron chi connectivity index (χ2n) is 4.54. The lowest BCUT2D eigenvalue weighted by Gasteiger charge is -2.21. The molecule has 0 aliphatic carbocycles. The average Bonchev–Trinajstić information content (AvgIpc) is 2.83. The Bertz CT molecular complexity index is 598. The zero-order chi connectivity index (χ0) is 14.7. The molecule has 0 amide bonds. The molecule has 0 atom stereocenters. The van der Waals surface area contributed by atoms with Crippen molar-refractivity contribution in [2.24, 2.45) is 0 Å². The van der Waals surface area contributed by atoms with Crippen LogP contribution >= 0.6 is 0 Å². The third-order valence-corrected chi connectivity index (χ3v) is 3.41. The van der Waals surface area contributed by atoms with Gasteiger partial charge in [0.25, 0.3) is 0 Å². The molecule has 2 rings (SSSR count). The summed E-state index contributed by atoms with van der Waals surface area (Å²) in [6.07, 6.45) is 1.55. The molecule has 0 radical (unpaired) electrons. The maximum absolute atomic E-state index is 11.3. The van der Waals surface area contributed by atoms with Gasteiger partial charge in [-0.1, -0.05) is 0 Å². The van der Waals surface area contributed by atoms with Crippen LogP contribution in [-0.4, -0.2) is 33.7 Å². The van der Waals surface area contributed by atoms with Crippen molar-refractivity contribution >= 4 is 11.7 Å². The van der Waals surface area contributed by atoms with Gasteiger partial charge in [-0.05, 0) is 45.0 Å². The van der Waals surface area contributed by atoms with Crippen molar-refractivity contribution in [3.8, 4) is 5.69 Å². The third-order valence-electron chi connectivity index (χ3n) is 3.41. The summed E-state index contributed by atoms with van der Waals surface area (Å²) in [4.78, 5) is 17.6. The predicted molar refractivity (Wildman–Crippen MR) is 78.8 cm³/mol. The van der Waals surface area contributed by atoms with Gasteiger partial charge in [0.05, 0.1) is 5.69 Å². The molecule has 1 N–H and O–H groups in total. The first-order chi connectivity index (χ1) is 9.58. The van der Waals surface area contributed by atoms with Crippen LogP contribution in [0.2, 0.25) is 0 Å². The predicted octanol–water partition coefficient (Wildman–Crippen LogP) is 2.73. The van der Waals surface area contributed by atoms with Crippen LogP contribution in [0, 0.1) is 6.92 Å². The summed E-state index contributed by atoms with van der Waals surface area (Å²) in [6.45, 7) is 7.81. The molecule has 1 aromatic carbocycles. The van der Waals surface area contributed by atoms with Gasteiger partial charge in [0, 0.05) is 24.5 Å². The molecule has 2 aromatic rings. The molecule has 106 valence electrons. The molecule has 0 fully saturated rings. The molecule has 0 saturated heterocycles. The highest BCUT2D eigenvalue weighted by molar-refractivity contribution is 5.87. The van der Waals surface area contributed by atoms with Crippen LogP contribution in [0.3, 0.4) is 0 Å². The number of aromatic nitrogens is 2. The molecule has 5 nitrogen and oxygen atoms in total. The monoisotopic (exact) mass is 273 g/mol. The SMILES string of the molecule is CCN(CC)c1ccc(-n2cnc(C)c2C(=O)O)cc1. The van der Waals surface area contributed by atoms with E-state index in [2.05, 4.69) is 23.7 Å². The lowest BCUT2D eigenvalue weighted by Crippen LogP contribution is -2.21. The van der Waals surface area contributed by atoms with Gasteiger partial charge in [0.15, 0.2) is 5.69 Å². The third kappa shape index (κ3) is 2.52. The number of imidazole rings is 1. The van der Waals surface area contributed by atoms with E-state index in [9.17, 15) is 9.90 Å². The summed E-state index contributed by atoms with van der Waals surface area (Å²) in [5, 5.41) is 9.25. The van der Waals surface area contributed by atoms with E-state index in [0.29, 0.717) is 5.69 Å². The minimum absolute atomic E-state index is 0.209. The highest BCUT2D eigenvalue weighted by Crippen LogP contribution is 2.19. The van der Waals surface area contributed by atoms with Gasteiger partial charge in [0.1, 0.15) is 6.33 Å². The minimum Gasteiger partial charge on any atom is -0.477 e. The Hall–Kier alpha value is -2.30. The number of benzene rings is 1. The fourth-order valence-corrected chi connectivity index (χ4v) is 2.30. The number of anilines is 1. The normalized spacial score (nSPS) is 10.6. The second kappa shape index (κ2) is 5.77. The van der Waals surface area contributed by atoms with E-state index in [-0.39, 0.29) is 5.69 Å². The molecular weight excluding hydrogens is 254 g/mol. The number of hydrogen-bond donors (Lipinski definition) is 1. The lowest BCUT2D eigenvalue weighted by atomic mass is 10.2. The van der Waals surface area contributed by atoms with Crippen LogP contribution in [0.15, 0.2) is 30.6 Å². The van der Waals surface area contributed by atoms with E-state index in [1.165, 1.54) is 0 Å². The molecule has 1 aromatic heterocycles. The number of rotatable bonds is 5. The Kier molecular flexibility index (Phi) is 4.08. The van der Waals surface area contributed by atoms with Crippen molar-refractivity contribution in [1.29, 1.82) is 0 Å². The number of carboxylic acids is 1. The molecule has 0 unspecified atom stereocenters. The zero-order valence-corrected chi connectivity index (χ0v) is 12.0. The standard InChI is InChI=1S/C15H19N3O2/c1-4-17(5-2)12-6-8-13(9-7-12)18-10-16-11(3)14(18)15(19)20/h6-10H,4-5H2,1-3H3,(H,19,20). The maximum atomic E-state index is 11.3. The van der Waals surface area contributed by atoms with Gasteiger partial charge < -0.3 is 10.0 Å². The van der Waals surface area contributed by atoms with Crippen molar-refractivity contribution < 1.29 is 9.90 Å². The maximum Gasteiger partial charge on any atom is 0.354 e. The molecular formula is C15H19N3O2. The number of hydrogen-bond acceptors (Lipinski definition) is 3. The van der Waals surface area contributed by atoms with Gasteiger partial charge in [-0.2, -0.15) is 0 Å². The fraction of sp³-hybridized carbons (Fsp3) is 0.333. The molecule has 0 aliphatic rings. The van der Waals surface area contributed by atoms with Crippen LogP contribution in [-0.2, 0) is 0 Å². The average molecular weight is 273 g/mol. The topological polar surface area (TPSA) is 58.4 Å². The van der Waals surface area contributed by atoms with E-state index >= 15 is 0 Å². The van der Waals surface area contributed by atoms with Crippen LogP contribution < -0.4 is 4.90 Å². The van der Waals surface area contributed by atoms with Gasteiger partial charge in [0.2, 0.25) is 0 Å². The summed E-state index contributed by atoms with van der Waals surface area (Å²) >= 11 is 0. The Morgan fingerprint density at radius 1 is 1.25 bits per heavy atom. The molecule has 20 heavy (non-hydrogen) atoms. The lowest BCUT2D eigenvalue weighted by molar-refractivity contribution is 0.0687. The van der Waals surface area contributed by atoms with E-state index in [1.807, 2.05) is 24.3 Å². The van der Waals surface area contributed by atoms with Crippen molar-refractivity contribution in [2.45, 2.75) is 20.8 Å². The van der Waals surface area contributed by atoms with Gasteiger partial charge in [-0.3, -0.25) is 4.57 Å². The minimum atomic E-state index is -0.965. The van der Waals surface area contributed by atoms with Crippen LogP contribution in [0.25, 0.3) is 5.69 Å². The molecule has 0 saturated carbocycles.